The number of ether oxygens (including phenoxy) is 1. The lowest BCUT2D eigenvalue weighted by Gasteiger charge is -2.27. The van der Waals surface area contributed by atoms with Gasteiger partial charge in [0.15, 0.2) is 0 Å². The molecule has 1 N–H and O–H groups in total. The van der Waals surface area contributed by atoms with Crippen molar-refractivity contribution in [3.8, 4) is 0 Å². The van der Waals surface area contributed by atoms with Crippen LogP contribution in [-0.2, 0) is 19.6 Å². The van der Waals surface area contributed by atoms with Crippen molar-refractivity contribution < 1.29 is 17.9 Å². The number of sulfonamides is 1. The molecule has 0 aromatic heterocycles. The van der Waals surface area contributed by atoms with Gasteiger partial charge in [-0.3, -0.25) is 4.79 Å². The van der Waals surface area contributed by atoms with E-state index in [9.17, 15) is 13.2 Å². The van der Waals surface area contributed by atoms with E-state index in [-0.39, 0.29) is 10.8 Å². The van der Waals surface area contributed by atoms with Crippen LogP contribution < -0.4 is 10.2 Å². The van der Waals surface area contributed by atoms with E-state index in [1.165, 1.54) is 10.4 Å². The molecule has 0 saturated carbocycles. The number of nitrogens with one attached hydrogen (secondary N) is 1. The number of carbonyl (C=O) groups excluding carboxylic acids is 1. The van der Waals surface area contributed by atoms with Crippen molar-refractivity contribution in [3.63, 3.8) is 0 Å². The van der Waals surface area contributed by atoms with Gasteiger partial charge in [0.1, 0.15) is 0 Å². The van der Waals surface area contributed by atoms with Gasteiger partial charge in [0.25, 0.3) is 0 Å². The first kappa shape index (κ1) is 22.5. The van der Waals surface area contributed by atoms with Gasteiger partial charge in [-0.1, -0.05) is 24.3 Å². The highest BCUT2D eigenvalue weighted by Crippen LogP contribution is 2.32. The fraction of sp³-hybridized carbons (Fsp3) is 0.375. The summed E-state index contributed by atoms with van der Waals surface area (Å²) in [5, 5.41) is 2.92. The molecule has 1 amide bonds. The predicted octanol–water partition coefficient (Wildman–Crippen LogP) is 3.27. The van der Waals surface area contributed by atoms with Crippen LogP contribution in [0.1, 0.15) is 24.0 Å². The predicted molar refractivity (Wildman–Crippen MR) is 126 cm³/mol. The Morgan fingerprint density at radius 2 is 1.75 bits per heavy atom. The van der Waals surface area contributed by atoms with Gasteiger partial charge in [-0.15, -0.1) is 0 Å². The Labute approximate surface area is 189 Å². The molecule has 2 aromatic rings. The number of hydrogen-bond acceptors (Lipinski definition) is 5. The number of hydrogen-bond donors (Lipinski definition) is 1. The molecule has 2 fully saturated rings. The number of amides is 1. The van der Waals surface area contributed by atoms with Crippen LogP contribution in [0.25, 0.3) is 6.08 Å². The molecule has 0 aliphatic carbocycles. The van der Waals surface area contributed by atoms with E-state index in [0.717, 1.165) is 42.7 Å². The Morgan fingerprint density at radius 1 is 1.03 bits per heavy atom. The van der Waals surface area contributed by atoms with Gasteiger partial charge in [-0.2, -0.15) is 4.31 Å². The molecule has 8 heteroatoms. The maximum atomic E-state index is 13.1. The van der Waals surface area contributed by atoms with Gasteiger partial charge >= 0.3 is 0 Å². The molecule has 2 aliphatic heterocycles. The van der Waals surface area contributed by atoms with Crippen LogP contribution >= 0.6 is 0 Å². The highest BCUT2D eigenvalue weighted by atomic mass is 32.2. The molecule has 7 nitrogen and oxygen atoms in total. The van der Waals surface area contributed by atoms with Crippen molar-refractivity contribution in [1.29, 1.82) is 0 Å². The fourth-order valence-corrected chi connectivity index (χ4v) is 5.49. The topological polar surface area (TPSA) is 79.0 Å². The highest BCUT2D eigenvalue weighted by molar-refractivity contribution is 7.89. The summed E-state index contributed by atoms with van der Waals surface area (Å²) in [6, 6.07) is 12.8. The Bertz CT molecular complexity index is 1100. The Hall–Kier alpha value is -2.68. The van der Waals surface area contributed by atoms with E-state index in [4.69, 9.17) is 4.74 Å². The molecule has 4 rings (SSSR count). The minimum Gasteiger partial charge on any atom is -0.379 e. The van der Waals surface area contributed by atoms with Crippen molar-refractivity contribution in [2.24, 2.45) is 0 Å². The second-order valence-corrected chi connectivity index (χ2v) is 10.0. The van der Waals surface area contributed by atoms with Crippen molar-refractivity contribution >= 4 is 33.4 Å². The van der Waals surface area contributed by atoms with Crippen LogP contribution in [0.2, 0.25) is 0 Å². The number of benzene rings is 2. The molecule has 170 valence electrons. The highest BCUT2D eigenvalue weighted by Gasteiger charge is 2.28. The van der Waals surface area contributed by atoms with Gasteiger partial charge in [0, 0.05) is 32.3 Å². The summed E-state index contributed by atoms with van der Waals surface area (Å²) < 4.78 is 33.0. The number of nitrogens with zero attached hydrogens (tertiary/aromatic N) is 2. The van der Waals surface area contributed by atoms with Crippen LogP contribution in [0.4, 0.5) is 11.4 Å². The number of carbonyl (C=O) groups is 1. The largest absolute Gasteiger partial charge is 0.379 e. The molecule has 2 saturated heterocycles. The standard InChI is InChI=1S/C24H29N3O4S/c1-19-6-2-3-7-20(19)8-11-24(28)25-22-18-21(9-10-23(22)26-12-4-5-13-26)32(29,30)27-14-16-31-17-15-27/h2-3,6-11,18H,4-5,12-17H2,1H3,(H,25,28)/b11-8+. The van der Waals surface area contributed by atoms with Crippen LogP contribution in [0.3, 0.4) is 0 Å². The third-order valence-electron chi connectivity index (χ3n) is 5.88. The first-order chi connectivity index (χ1) is 15.4. The van der Waals surface area contributed by atoms with E-state index in [1.807, 2.05) is 31.2 Å². The van der Waals surface area contributed by atoms with E-state index in [1.54, 1.807) is 24.3 Å². The minimum atomic E-state index is -3.66. The molecule has 2 heterocycles. The molecule has 0 unspecified atom stereocenters. The van der Waals surface area contributed by atoms with Crippen LogP contribution in [-0.4, -0.2) is 58.0 Å². The van der Waals surface area contributed by atoms with Crippen LogP contribution in [0, 0.1) is 6.92 Å². The van der Waals surface area contributed by atoms with E-state index in [2.05, 4.69) is 10.2 Å². The molecule has 0 spiro atoms. The van der Waals surface area contributed by atoms with Gasteiger partial charge in [0.05, 0.1) is 29.5 Å². The molecule has 2 aromatic carbocycles. The number of aryl methyl sites for hydroxylation is 1. The molecule has 0 bridgehead atoms. The molecular formula is C24H29N3O4S. The van der Waals surface area contributed by atoms with E-state index < -0.39 is 10.0 Å². The molecule has 0 atom stereocenters. The summed E-state index contributed by atoms with van der Waals surface area (Å²) in [7, 11) is -3.66. The second-order valence-electron chi connectivity index (χ2n) is 8.07. The summed E-state index contributed by atoms with van der Waals surface area (Å²) >= 11 is 0. The zero-order valence-electron chi connectivity index (χ0n) is 18.3. The van der Waals surface area contributed by atoms with Gasteiger partial charge in [-0.05, 0) is 55.2 Å². The molecular weight excluding hydrogens is 426 g/mol. The fourth-order valence-electron chi connectivity index (χ4n) is 4.06. The van der Waals surface area contributed by atoms with Crippen molar-refractivity contribution in [2.45, 2.75) is 24.7 Å². The van der Waals surface area contributed by atoms with Crippen molar-refractivity contribution in [3.05, 3.63) is 59.7 Å². The average molecular weight is 456 g/mol. The SMILES string of the molecule is Cc1ccccc1/C=C/C(=O)Nc1cc(S(=O)(=O)N2CCOCC2)ccc1N1CCCC1. The minimum absolute atomic E-state index is 0.181. The summed E-state index contributed by atoms with van der Waals surface area (Å²) in [6.45, 7) is 5.20. The van der Waals surface area contributed by atoms with Gasteiger partial charge in [-0.25, -0.2) is 8.42 Å². The van der Waals surface area contributed by atoms with Crippen LogP contribution in [0.15, 0.2) is 53.4 Å². The number of anilines is 2. The smallest absolute Gasteiger partial charge is 0.248 e. The molecule has 32 heavy (non-hydrogen) atoms. The zero-order chi connectivity index (χ0) is 22.6. The lowest BCUT2D eigenvalue weighted by atomic mass is 10.1. The summed E-state index contributed by atoms with van der Waals surface area (Å²) in [5.74, 6) is -0.297. The molecule has 0 radical (unpaired) electrons. The average Bonchev–Trinajstić information content (AvgIpc) is 3.34. The number of rotatable bonds is 6. The normalized spacial score (nSPS) is 17.7. The number of morpholine rings is 1. The maximum absolute atomic E-state index is 13.1. The molecule has 2 aliphatic rings. The monoisotopic (exact) mass is 455 g/mol. The third kappa shape index (κ3) is 5.03. The van der Waals surface area contributed by atoms with E-state index in [0.29, 0.717) is 32.0 Å². The van der Waals surface area contributed by atoms with Gasteiger partial charge < -0.3 is 15.0 Å². The second kappa shape index (κ2) is 9.85. The van der Waals surface area contributed by atoms with Crippen molar-refractivity contribution in [2.75, 3.05) is 49.6 Å². The Balaban J connectivity index is 1.61. The maximum Gasteiger partial charge on any atom is 0.248 e. The quantitative estimate of drug-likeness (QED) is 0.677. The summed E-state index contributed by atoms with van der Waals surface area (Å²) in [4.78, 5) is 15.1. The van der Waals surface area contributed by atoms with Gasteiger partial charge in [0.2, 0.25) is 15.9 Å². The van der Waals surface area contributed by atoms with Crippen molar-refractivity contribution in [1.82, 2.24) is 4.31 Å². The first-order valence-corrected chi connectivity index (χ1v) is 12.4. The first-order valence-electron chi connectivity index (χ1n) is 11.0. The lowest BCUT2D eigenvalue weighted by molar-refractivity contribution is -0.111. The lowest BCUT2D eigenvalue weighted by Crippen LogP contribution is -2.40. The zero-order valence-corrected chi connectivity index (χ0v) is 19.1. The van der Waals surface area contributed by atoms with E-state index >= 15 is 0 Å². The Kier molecular flexibility index (Phi) is 6.93. The third-order valence-corrected chi connectivity index (χ3v) is 7.78. The van der Waals surface area contributed by atoms with Crippen LogP contribution in [0.5, 0.6) is 0 Å². The Morgan fingerprint density at radius 3 is 2.47 bits per heavy atom. The summed E-state index contributed by atoms with van der Waals surface area (Å²) in [5.41, 5.74) is 3.40. The summed E-state index contributed by atoms with van der Waals surface area (Å²) in [6.07, 6.45) is 5.41.